The highest BCUT2D eigenvalue weighted by Crippen LogP contribution is 2.64. The lowest BCUT2D eigenvalue weighted by Crippen LogP contribution is -2.49. The van der Waals surface area contributed by atoms with Crippen LogP contribution in [0.15, 0.2) is 54.1 Å². The highest BCUT2D eigenvalue weighted by atomic mass is 35.5. The van der Waals surface area contributed by atoms with E-state index in [-0.39, 0.29) is 41.5 Å². The van der Waals surface area contributed by atoms with Crippen molar-refractivity contribution in [3.8, 4) is 22.1 Å². The van der Waals surface area contributed by atoms with Crippen molar-refractivity contribution < 1.29 is 29.0 Å². The predicted octanol–water partition coefficient (Wildman–Crippen LogP) is 7.40. The van der Waals surface area contributed by atoms with E-state index in [1.807, 2.05) is 65.8 Å². The summed E-state index contributed by atoms with van der Waals surface area (Å²) in [7, 11) is 1.73. The minimum atomic E-state index is -1.25. The van der Waals surface area contributed by atoms with Gasteiger partial charge in [0.25, 0.3) is 0 Å². The van der Waals surface area contributed by atoms with Crippen molar-refractivity contribution in [2.45, 2.75) is 65.8 Å². The number of anilines is 1. The number of phenolic OH excluding ortho intramolecular Hbond substituents is 1. The van der Waals surface area contributed by atoms with Gasteiger partial charge in [0.15, 0.2) is 11.5 Å². The van der Waals surface area contributed by atoms with Gasteiger partial charge in [0.2, 0.25) is 23.6 Å². The van der Waals surface area contributed by atoms with E-state index in [4.69, 9.17) is 21.4 Å². The van der Waals surface area contributed by atoms with Crippen molar-refractivity contribution in [2.24, 2.45) is 36.1 Å². The number of hydrogen-bond acceptors (Lipinski definition) is 8. The molecule has 0 unspecified atom stereocenters. The molecule has 2 aromatic carbocycles. The Morgan fingerprint density at radius 2 is 1.79 bits per heavy atom. The minimum Gasteiger partial charge on any atom is -0.504 e. The van der Waals surface area contributed by atoms with Crippen LogP contribution in [0, 0.1) is 36.0 Å². The number of hydrogen-bond donors (Lipinski definition) is 1. The molecule has 2 aliphatic heterocycles. The first kappa shape index (κ1) is 34.6. The van der Waals surface area contributed by atoms with E-state index in [0.717, 1.165) is 26.1 Å². The minimum absolute atomic E-state index is 0.0357. The molecule has 4 aromatic rings. The fourth-order valence-electron chi connectivity index (χ4n) is 9.47. The second-order valence-electron chi connectivity index (χ2n) is 15.7. The molecule has 4 amide bonds. The number of likely N-dealkylation sites (tertiary alicyclic amines) is 1. The normalized spacial score (nSPS) is 27.3. The first-order chi connectivity index (χ1) is 24.6. The number of allylic oxidation sites excluding steroid dienone is 2. The molecule has 270 valence electrons. The van der Waals surface area contributed by atoms with Crippen LogP contribution in [0.1, 0.15) is 64.5 Å². The van der Waals surface area contributed by atoms with Crippen molar-refractivity contribution in [1.29, 1.82) is 0 Å². The van der Waals surface area contributed by atoms with Gasteiger partial charge in [0.1, 0.15) is 11.5 Å². The number of phenols is 1. The van der Waals surface area contributed by atoms with Gasteiger partial charge in [-0.15, -0.1) is 11.3 Å². The Morgan fingerprint density at radius 3 is 2.50 bits per heavy atom. The molecule has 52 heavy (non-hydrogen) atoms. The number of nitrogens with zero attached hydrogens (tertiary/aromatic N) is 4. The van der Waals surface area contributed by atoms with Crippen LogP contribution >= 0.6 is 22.9 Å². The van der Waals surface area contributed by atoms with Gasteiger partial charge in [-0.1, -0.05) is 29.3 Å². The summed E-state index contributed by atoms with van der Waals surface area (Å²) in [5, 5.41) is 17.1. The van der Waals surface area contributed by atoms with Gasteiger partial charge in [-0.05, 0) is 107 Å². The molecular weight excluding hydrogens is 700 g/mol. The maximum atomic E-state index is 15.1. The summed E-state index contributed by atoms with van der Waals surface area (Å²) in [4.78, 5) is 61.5. The third-order valence-corrected chi connectivity index (χ3v) is 13.3. The van der Waals surface area contributed by atoms with Crippen molar-refractivity contribution in [1.82, 2.24) is 14.7 Å². The number of imide groups is 2. The number of thiophene rings is 1. The molecule has 2 saturated heterocycles. The van der Waals surface area contributed by atoms with E-state index in [2.05, 4.69) is 0 Å². The van der Waals surface area contributed by atoms with Crippen molar-refractivity contribution >= 4 is 62.5 Å². The van der Waals surface area contributed by atoms with Crippen molar-refractivity contribution in [2.75, 3.05) is 11.5 Å². The Morgan fingerprint density at radius 1 is 1.04 bits per heavy atom. The van der Waals surface area contributed by atoms with E-state index < -0.39 is 40.5 Å². The maximum absolute atomic E-state index is 15.1. The molecule has 6 atom stereocenters. The second-order valence-corrected chi connectivity index (χ2v) is 17.2. The number of fused-ring (bicyclic) bond motifs is 5. The Balaban J connectivity index is 1.26. The van der Waals surface area contributed by atoms with Gasteiger partial charge in [-0.3, -0.25) is 28.8 Å². The third kappa shape index (κ3) is 4.77. The van der Waals surface area contributed by atoms with E-state index in [1.54, 1.807) is 47.3 Å². The number of aromatic nitrogens is 2. The van der Waals surface area contributed by atoms with Crippen LogP contribution in [0.25, 0.3) is 20.7 Å². The lowest BCUT2D eigenvalue weighted by Gasteiger charge is -2.49. The Kier molecular flexibility index (Phi) is 7.83. The SMILES string of the molecule is CCOc1cc([C@H]2C3=CC[C@@H]4C(=O)N(C(C)(C)C)C(=O)[C@@H]4[C@@H]3C[C@H]3C(=O)N(c4cc(-c5sc6ccc(Cl)cc6c5C)nn4C)C(=O)[C@@]23C)ccc1O. The van der Waals surface area contributed by atoms with Crippen LogP contribution in [-0.2, 0) is 26.2 Å². The zero-order valence-corrected chi connectivity index (χ0v) is 31.8. The first-order valence-corrected chi connectivity index (χ1v) is 18.9. The third-order valence-electron chi connectivity index (χ3n) is 11.8. The number of carbonyl (C=O) groups is 4. The monoisotopic (exact) mass is 740 g/mol. The topological polar surface area (TPSA) is 122 Å². The molecule has 1 saturated carbocycles. The Bertz CT molecular complexity index is 2270. The number of benzene rings is 2. The number of carbonyl (C=O) groups excluding carboxylic acids is 4. The molecule has 1 N–H and O–H groups in total. The number of amides is 4. The van der Waals surface area contributed by atoms with E-state index in [1.165, 1.54) is 9.80 Å². The first-order valence-electron chi connectivity index (χ1n) is 17.7. The van der Waals surface area contributed by atoms with Gasteiger partial charge in [-0.25, -0.2) is 4.90 Å². The molecule has 10 nitrogen and oxygen atoms in total. The average molecular weight is 741 g/mol. The molecule has 12 heteroatoms. The van der Waals surface area contributed by atoms with Gasteiger partial charge in [0, 0.05) is 34.3 Å². The molecule has 0 spiro atoms. The molecule has 2 aromatic heterocycles. The lowest BCUT2D eigenvalue weighted by molar-refractivity contribution is -0.145. The fourth-order valence-corrected chi connectivity index (χ4v) is 10.8. The highest BCUT2D eigenvalue weighted by molar-refractivity contribution is 7.22. The number of aromatic hydroxyl groups is 1. The standard InChI is InChI=1S/C40H41ClN4O6S/c1-8-51-29-15-20(9-13-28(29)46)33-22-11-12-23-32(37(49)45(35(23)47)39(3,4)5)25(22)17-26-36(48)44(38(50)40(26,33)6)31-18-27(42-43(31)7)34-19(2)24-16-21(41)10-14-30(24)52-34/h9-11,13-16,18,23,25-26,32-33,46H,8,12,17H2,1-7H3/t23-,25+,26-,32-,33-,40+/m0/s1. The highest BCUT2D eigenvalue weighted by Gasteiger charge is 2.68. The molecule has 4 aliphatic rings. The lowest BCUT2D eigenvalue weighted by atomic mass is 9.51. The summed E-state index contributed by atoms with van der Waals surface area (Å²) in [6, 6.07) is 12.6. The van der Waals surface area contributed by atoms with E-state index in [9.17, 15) is 19.5 Å². The summed E-state index contributed by atoms with van der Waals surface area (Å²) >= 11 is 7.89. The maximum Gasteiger partial charge on any atom is 0.242 e. The largest absolute Gasteiger partial charge is 0.504 e. The van der Waals surface area contributed by atoms with Gasteiger partial charge in [0.05, 0.1) is 34.7 Å². The molecule has 2 aliphatic carbocycles. The van der Waals surface area contributed by atoms with Crippen LogP contribution in [-0.4, -0.2) is 55.6 Å². The van der Waals surface area contributed by atoms with Crippen LogP contribution in [0.4, 0.5) is 5.82 Å². The van der Waals surface area contributed by atoms with Crippen LogP contribution in [0.3, 0.4) is 0 Å². The number of rotatable bonds is 5. The van der Waals surface area contributed by atoms with Crippen LogP contribution in [0.2, 0.25) is 5.02 Å². The van der Waals surface area contributed by atoms with Crippen molar-refractivity contribution in [3.05, 3.63) is 70.3 Å². The molecule has 4 heterocycles. The van der Waals surface area contributed by atoms with Crippen molar-refractivity contribution in [3.63, 3.8) is 0 Å². The number of halogens is 1. The zero-order valence-electron chi connectivity index (χ0n) is 30.2. The summed E-state index contributed by atoms with van der Waals surface area (Å²) < 4.78 is 8.41. The number of ether oxygens (including phenoxy) is 1. The summed E-state index contributed by atoms with van der Waals surface area (Å²) in [6.07, 6.45) is 2.63. The molecule has 0 bridgehead atoms. The summed E-state index contributed by atoms with van der Waals surface area (Å²) in [5.41, 5.74) is 1.26. The van der Waals surface area contributed by atoms with E-state index in [0.29, 0.717) is 35.1 Å². The van der Waals surface area contributed by atoms with Crippen LogP contribution < -0.4 is 9.64 Å². The Hall–Kier alpha value is -4.48. The molecule has 8 rings (SSSR count). The molecule has 3 fully saturated rings. The van der Waals surface area contributed by atoms with Gasteiger partial charge < -0.3 is 9.84 Å². The van der Waals surface area contributed by atoms with Crippen LogP contribution in [0.5, 0.6) is 11.5 Å². The summed E-state index contributed by atoms with van der Waals surface area (Å²) in [5.74, 6) is -3.61. The zero-order chi connectivity index (χ0) is 37.2. The summed E-state index contributed by atoms with van der Waals surface area (Å²) in [6.45, 7) is 11.6. The van der Waals surface area contributed by atoms with Gasteiger partial charge >= 0.3 is 0 Å². The predicted molar refractivity (Wildman–Crippen MR) is 199 cm³/mol. The molecular formula is C40H41ClN4O6S. The fraction of sp³-hybridized carbons (Fsp3) is 0.425. The van der Waals surface area contributed by atoms with Gasteiger partial charge in [-0.2, -0.15) is 5.10 Å². The quantitative estimate of drug-likeness (QED) is 0.167. The Labute approximate surface area is 311 Å². The smallest absolute Gasteiger partial charge is 0.242 e. The second kappa shape index (κ2) is 11.8. The van der Waals surface area contributed by atoms with E-state index >= 15 is 4.79 Å². The average Bonchev–Trinajstić information content (AvgIpc) is 3.75. The number of aryl methyl sites for hydroxylation is 2. The molecule has 0 radical (unpaired) electrons.